The largest absolute Gasteiger partial charge is 0.419 e. The first-order chi connectivity index (χ1) is 16.1. The summed E-state index contributed by atoms with van der Waals surface area (Å²) in [7, 11) is -2.09. The third-order valence-electron chi connectivity index (χ3n) is 7.44. The second-order valence-electron chi connectivity index (χ2n) is 10.5. The third kappa shape index (κ3) is 5.91. The van der Waals surface area contributed by atoms with Crippen LogP contribution in [0.4, 0.5) is 4.79 Å². The second-order valence-corrected chi connectivity index (χ2v) is 16.4. The average Bonchev–Trinajstić information content (AvgIpc) is 2.78. The molecule has 2 rings (SSSR count). The number of carbonyl (C=O) groups is 2. The number of allylic oxidation sites excluding steroid dienone is 2. The van der Waals surface area contributed by atoms with E-state index in [9.17, 15) is 9.59 Å². The first-order valence-corrected chi connectivity index (χ1v) is 15.4. The van der Waals surface area contributed by atoms with Crippen LogP contribution < -0.4 is 4.74 Å². The van der Waals surface area contributed by atoms with Crippen molar-refractivity contribution in [2.45, 2.75) is 110 Å². The summed E-state index contributed by atoms with van der Waals surface area (Å²) in [6, 6.07) is 8.93. The molecule has 4 nitrogen and oxygen atoms in total. The highest BCUT2D eigenvalue weighted by Crippen LogP contribution is 2.48. The predicted octanol–water partition coefficient (Wildman–Crippen LogP) is 8.46. The van der Waals surface area contributed by atoms with Gasteiger partial charge in [0.05, 0.1) is 14.1 Å². The molecular formula is C29H45NO3Si. The Kier molecular flexibility index (Phi) is 10.4. The van der Waals surface area contributed by atoms with Gasteiger partial charge in [0.1, 0.15) is 5.75 Å². The van der Waals surface area contributed by atoms with Crippen LogP contribution in [0.1, 0.15) is 87.5 Å². The number of hydrogen-bond acceptors (Lipinski definition) is 3. The molecule has 0 saturated carbocycles. The maximum atomic E-state index is 13.6. The summed E-state index contributed by atoms with van der Waals surface area (Å²) in [5, 5.41) is 1.20. The van der Waals surface area contributed by atoms with Crippen molar-refractivity contribution in [3.8, 4) is 5.75 Å². The fourth-order valence-electron chi connectivity index (χ4n) is 6.08. The summed E-state index contributed by atoms with van der Waals surface area (Å²) in [4.78, 5) is 28.8. The summed E-state index contributed by atoms with van der Waals surface area (Å²) in [6.07, 6.45) is 7.85. The molecule has 0 bridgehead atoms. The highest BCUT2D eigenvalue weighted by Gasteiger charge is 2.48. The van der Waals surface area contributed by atoms with Gasteiger partial charge in [-0.15, -0.1) is 0 Å². The Hall–Kier alpha value is -2.14. The van der Waals surface area contributed by atoms with Gasteiger partial charge in [-0.25, -0.2) is 4.79 Å². The molecule has 1 amide bonds. The van der Waals surface area contributed by atoms with Gasteiger partial charge >= 0.3 is 6.09 Å². The summed E-state index contributed by atoms with van der Waals surface area (Å²) in [5.74, 6) is 0.679. The average molecular weight is 484 g/mol. The van der Waals surface area contributed by atoms with Crippen molar-refractivity contribution in [3.63, 3.8) is 0 Å². The van der Waals surface area contributed by atoms with E-state index in [1.165, 1.54) is 5.20 Å². The highest BCUT2D eigenvalue weighted by atomic mass is 28.3. The maximum Gasteiger partial charge on any atom is 0.419 e. The van der Waals surface area contributed by atoms with Gasteiger partial charge in [0.25, 0.3) is 0 Å². The molecule has 1 atom stereocenters. The normalized spacial score (nSPS) is 16.7. The lowest BCUT2D eigenvalue weighted by Gasteiger charge is -2.47. The predicted molar refractivity (Wildman–Crippen MR) is 145 cm³/mol. The number of unbranched alkanes of at least 4 members (excludes halogenated alkanes) is 1. The number of benzene rings is 1. The topological polar surface area (TPSA) is 46.6 Å². The van der Waals surface area contributed by atoms with Crippen LogP contribution >= 0.6 is 0 Å². The van der Waals surface area contributed by atoms with Gasteiger partial charge in [0, 0.05) is 18.2 Å². The Labute approximate surface area is 208 Å². The minimum atomic E-state index is -2.09. The standard InChI is InChI=1S/C29H45NO3Si/c1-9-11-18-27-26(28(31)15-10-2)19-25(34(21(3)4,22(5)6)23(7)8)20-30(27)29(32)33-24-16-13-12-14-17-24/h12-14,16-17,19-23,27H,9-11,15,18H2,1-8H3. The highest BCUT2D eigenvalue weighted by molar-refractivity contribution is 6.90. The van der Waals surface area contributed by atoms with Gasteiger partial charge < -0.3 is 4.74 Å². The van der Waals surface area contributed by atoms with Crippen molar-refractivity contribution in [1.29, 1.82) is 0 Å². The lowest BCUT2D eigenvalue weighted by atomic mass is 9.92. The van der Waals surface area contributed by atoms with Crippen molar-refractivity contribution < 1.29 is 14.3 Å². The van der Waals surface area contributed by atoms with Crippen molar-refractivity contribution in [2.75, 3.05) is 0 Å². The number of carbonyl (C=O) groups excluding carboxylic acids is 2. The summed E-state index contributed by atoms with van der Waals surface area (Å²) < 4.78 is 5.81. The Morgan fingerprint density at radius 1 is 0.941 bits per heavy atom. The molecule has 0 fully saturated rings. The molecule has 1 heterocycles. The Balaban J connectivity index is 2.69. The Bertz CT molecular complexity index is 864. The summed E-state index contributed by atoms with van der Waals surface area (Å²) >= 11 is 0. The molecule has 0 radical (unpaired) electrons. The third-order valence-corrected chi connectivity index (χ3v) is 14.4. The first-order valence-electron chi connectivity index (χ1n) is 13.1. The maximum absolute atomic E-state index is 13.6. The number of Topliss-reactive ketones (excluding diaryl/α,β-unsaturated/α-hetero) is 1. The number of ether oxygens (including phenoxy) is 1. The van der Waals surface area contributed by atoms with E-state index >= 15 is 0 Å². The zero-order valence-electron chi connectivity index (χ0n) is 22.6. The molecule has 5 heteroatoms. The lowest BCUT2D eigenvalue weighted by Crippen LogP contribution is -2.51. The van der Waals surface area contributed by atoms with Crippen LogP contribution in [0.2, 0.25) is 16.6 Å². The van der Waals surface area contributed by atoms with E-state index in [-0.39, 0.29) is 11.8 Å². The molecule has 0 aromatic heterocycles. The molecule has 1 aromatic carbocycles. The van der Waals surface area contributed by atoms with Gasteiger partial charge in [-0.05, 0) is 46.8 Å². The van der Waals surface area contributed by atoms with E-state index in [2.05, 4.69) is 60.7 Å². The molecule has 1 unspecified atom stereocenters. The van der Waals surface area contributed by atoms with E-state index in [4.69, 9.17) is 4.74 Å². The van der Waals surface area contributed by atoms with Gasteiger partial charge in [-0.2, -0.15) is 0 Å². The first kappa shape index (κ1) is 28.1. The van der Waals surface area contributed by atoms with Crippen LogP contribution in [0, 0.1) is 0 Å². The number of ketones is 1. The van der Waals surface area contributed by atoms with Gasteiger partial charge in [-0.1, -0.05) is 92.5 Å². The number of rotatable bonds is 11. The molecular weight excluding hydrogens is 438 g/mol. The van der Waals surface area contributed by atoms with Crippen molar-refractivity contribution >= 4 is 20.0 Å². The quantitative estimate of drug-likeness (QED) is 0.297. The van der Waals surface area contributed by atoms with Gasteiger partial charge in [0.2, 0.25) is 0 Å². The monoisotopic (exact) mass is 483 g/mol. The molecule has 34 heavy (non-hydrogen) atoms. The zero-order chi connectivity index (χ0) is 25.5. The van der Waals surface area contributed by atoms with Crippen molar-refractivity contribution in [1.82, 2.24) is 4.90 Å². The SMILES string of the molecule is CCCCC1C(C(=O)CCC)=CC([Si](C(C)C)(C(C)C)C(C)C)=CN1C(=O)Oc1ccccc1. The smallest absolute Gasteiger partial charge is 0.410 e. The molecule has 1 aromatic rings. The molecule has 0 aliphatic carbocycles. The Morgan fingerprint density at radius 3 is 2.03 bits per heavy atom. The van der Waals surface area contributed by atoms with Crippen LogP contribution in [0.3, 0.4) is 0 Å². The summed E-state index contributed by atoms with van der Waals surface area (Å²) in [6.45, 7) is 18.0. The van der Waals surface area contributed by atoms with Crippen LogP contribution in [0.25, 0.3) is 0 Å². The summed E-state index contributed by atoms with van der Waals surface area (Å²) in [5.41, 5.74) is 2.20. The Morgan fingerprint density at radius 2 is 1.53 bits per heavy atom. The minimum Gasteiger partial charge on any atom is -0.410 e. The van der Waals surface area contributed by atoms with Crippen molar-refractivity contribution in [3.05, 3.63) is 53.4 Å². The van der Waals surface area contributed by atoms with Crippen LogP contribution in [-0.4, -0.2) is 30.9 Å². The van der Waals surface area contributed by atoms with E-state index in [0.717, 1.165) is 31.3 Å². The van der Waals surface area contributed by atoms with Crippen LogP contribution in [0.5, 0.6) is 5.75 Å². The molecule has 1 aliphatic heterocycles. The number of hydrogen-bond donors (Lipinski definition) is 0. The molecule has 0 saturated heterocycles. The van der Waals surface area contributed by atoms with E-state index in [0.29, 0.717) is 28.8 Å². The van der Waals surface area contributed by atoms with Crippen LogP contribution in [-0.2, 0) is 4.79 Å². The molecule has 0 N–H and O–H groups in total. The second kappa shape index (κ2) is 12.5. The fraction of sp³-hybridized carbons (Fsp3) is 0.586. The van der Waals surface area contributed by atoms with E-state index in [1.807, 2.05) is 25.1 Å². The lowest BCUT2D eigenvalue weighted by molar-refractivity contribution is -0.116. The number of amides is 1. The van der Waals surface area contributed by atoms with Gasteiger partial charge in [0.15, 0.2) is 5.78 Å². The number of para-hydroxylation sites is 1. The minimum absolute atomic E-state index is 0.158. The van der Waals surface area contributed by atoms with E-state index < -0.39 is 14.2 Å². The van der Waals surface area contributed by atoms with Crippen LogP contribution in [0.15, 0.2) is 53.4 Å². The van der Waals surface area contributed by atoms with Crippen molar-refractivity contribution in [2.24, 2.45) is 0 Å². The fourth-order valence-corrected chi connectivity index (χ4v) is 12.8. The molecule has 0 spiro atoms. The zero-order valence-corrected chi connectivity index (χ0v) is 23.6. The van der Waals surface area contributed by atoms with E-state index in [1.54, 1.807) is 17.0 Å². The molecule has 1 aliphatic rings. The molecule has 188 valence electrons. The number of nitrogens with zero attached hydrogens (tertiary/aromatic N) is 1. The van der Waals surface area contributed by atoms with Gasteiger partial charge in [-0.3, -0.25) is 9.69 Å².